The smallest absolute Gasteiger partial charge is 0.341 e. The lowest BCUT2D eigenvalue weighted by molar-refractivity contribution is 0.0693. The highest BCUT2D eigenvalue weighted by Crippen LogP contribution is 2.24. The van der Waals surface area contributed by atoms with E-state index in [1.807, 2.05) is 0 Å². The maximum atomic E-state index is 14.0. The summed E-state index contributed by atoms with van der Waals surface area (Å²) in [6, 6.07) is 7.89. The van der Waals surface area contributed by atoms with E-state index >= 15 is 0 Å². The fraction of sp³-hybridized carbons (Fsp3) is 0.105. The highest BCUT2D eigenvalue weighted by atomic mass is 19.2. The molecule has 0 amide bonds. The number of methoxy groups -OCH3 is 1. The van der Waals surface area contributed by atoms with Gasteiger partial charge in [0.15, 0.2) is 23.2 Å². The van der Waals surface area contributed by atoms with E-state index in [-0.39, 0.29) is 29.1 Å². The quantitative estimate of drug-likeness (QED) is 0.724. The van der Waals surface area contributed by atoms with Crippen molar-refractivity contribution in [2.45, 2.75) is 6.54 Å². The molecule has 2 aromatic carbocycles. The van der Waals surface area contributed by atoms with Crippen LogP contribution in [0.1, 0.15) is 15.9 Å². The number of ether oxygens (including phenoxy) is 1. The second-order valence-corrected chi connectivity index (χ2v) is 5.81. The van der Waals surface area contributed by atoms with Crippen molar-refractivity contribution in [2.75, 3.05) is 7.11 Å². The second kappa shape index (κ2) is 7.55. The molecule has 0 aliphatic carbocycles. The predicted octanol–water partition coefficient (Wildman–Crippen LogP) is 3.08. The van der Waals surface area contributed by atoms with E-state index in [0.717, 1.165) is 28.9 Å². The van der Waals surface area contributed by atoms with E-state index in [9.17, 15) is 27.9 Å². The Morgan fingerprint density at radius 2 is 1.82 bits per heavy atom. The first kappa shape index (κ1) is 19.2. The minimum Gasteiger partial charge on any atom is -0.494 e. The summed E-state index contributed by atoms with van der Waals surface area (Å²) >= 11 is 0. The molecule has 0 aliphatic heterocycles. The lowest BCUT2D eigenvalue weighted by Crippen LogP contribution is -2.29. The molecule has 3 aromatic rings. The maximum Gasteiger partial charge on any atom is 0.341 e. The molecular formula is C19H13F3N2O4. The lowest BCUT2D eigenvalue weighted by Gasteiger charge is -2.10. The van der Waals surface area contributed by atoms with E-state index in [2.05, 4.69) is 5.10 Å². The molecule has 1 N–H and O–H groups in total. The molecule has 0 unspecified atom stereocenters. The van der Waals surface area contributed by atoms with Crippen LogP contribution in [0.4, 0.5) is 13.2 Å². The van der Waals surface area contributed by atoms with Crippen LogP contribution in [0, 0.1) is 17.5 Å². The van der Waals surface area contributed by atoms with Crippen molar-refractivity contribution >= 4 is 5.97 Å². The zero-order valence-electron chi connectivity index (χ0n) is 14.4. The first-order chi connectivity index (χ1) is 13.3. The number of rotatable bonds is 5. The molecule has 0 atom stereocenters. The van der Waals surface area contributed by atoms with Gasteiger partial charge in [0.25, 0.3) is 5.56 Å². The van der Waals surface area contributed by atoms with Crippen molar-refractivity contribution in [3.8, 4) is 17.0 Å². The van der Waals surface area contributed by atoms with Gasteiger partial charge >= 0.3 is 5.97 Å². The van der Waals surface area contributed by atoms with Crippen LogP contribution in [-0.2, 0) is 6.54 Å². The largest absolute Gasteiger partial charge is 0.494 e. The minimum atomic E-state index is -1.50. The van der Waals surface area contributed by atoms with Crippen molar-refractivity contribution in [1.29, 1.82) is 0 Å². The van der Waals surface area contributed by atoms with Gasteiger partial charge in [-0.15, -0.1) is 0 Å². The Morgan fingerprint density at radius 1 is 1.07 bits per heavy atom. The van der Waals surface area contributed by atoms with Crippen molar-refractivity contribution < 1.29 is 27.8 Å². The van der Waals surface area contributed by atoms with Crippen LogP contribution in [0.2, 0.25) is 0 Å². The van der Waals surface area contributed by atoms with Gasteiger partial charge in [0.05, 0.1) is 19.3 Å². The molecule has 0 fully saturated rings. The summed E-state index contributed by atoms with van der Waals surface area (Å²) in [4.78, 5) is 23.8. The topological polar surface area (TPSA) is 81.4 Å². The zero-order chi connectivity index (χ0) is 20.4. The van der Waals surface area contributed by atoms with Crippen molar-refractivity contribution in [3.63, 3.8) is 0 Å². The van der Waals surface area contributed by atoms with E-state index < -0.39 is 34.5 Å². The Balaban J connectivity index is 2.12. The van der Waals surface area contributed by atoms with Crippen LogP contribution in [0.15, 0.2) is 47.3 Å². The van der Waals surface area contributed by atoms with Crippen LogP contribution >= 0.6 is 0 Å². The van der Waals surface area contributed by atoms with Gasteiger partial charge in [0, 0.05) is 5.56 Å². The highest BCUT2D eigenvalue weighted by Gasteiger charge is 2.17. The molecule has 3 rings (SSSR count). The van der Waals surface area contributed by atoms with Gasteiger partial charge < -0.3 is 9.84 Å². The third kappa shape index (κ3) is 3.73. The Morgan fingerprint density at radius 3 is 2.43 bits per heavy atom. The summed E-state index contributed by atoms with van der Waals surface area (Å²) in [6.45, 7) is -0.303. The SMILES string of the molecule is COc1ccc(-c2cc(C(=O)O)c(=O)n(Cc3ccc(F)c(F)c3)n2)cc1F. The van der Waals surface area contributed by atoms with E-state index in [1.54, 1.807) is 0 Å². The Bertz CT molecular complexity index is 1130. The average molecular weight is 390 g/mol. The summed E-state index contributed by atoms with van der Waals surface area (Å²) in [5.41, 5.74) is -1.11. The highest BCUT2D eigenvalue weighted by molar-refractivity contribution is 5.88. The number of carbonyl (C=O) groups is 1. The molecule has 0 aliphatic rings. The molecule has 0 bridgehead atoms. The number of hydrogen-bond acceptors (Lipinski definition) is 4. The molecule has 0 radical (unpaired) electrons. The standard InChI is InChI=1S/C19H13F3N2O4/c1-28-17-5-3-11(7-15(17)22)16-8-12(19(26)27)18(25)24(23-16)9-10-2-4-13(20)14(21)6-10/h2-8H,9H2,1H3,(H,26,27). The fourth-order valence-electron chi connectivity index (χ4n) is 2.58. The average Bonchev–Trinajstić information content (AvgIpc) is 2.66. The Hall–Kier alpha value is -3.62. The molecular weight excluding hydrogens is 377 g/mol. The van der Waals surface area contributed by atoms with Crippen LogP contribution < -0.4 is 10.3 Å². The molecule has 144 valence electrons. The predicted molar refractivity (Wildman–Crippen MR) is 92.9 cm³/mol. The normalized spacial score (nSPS) is 10.7. The summed E-state index contributed by atoms with van der Waals surface area (Å²) in [6.07, 6.45) is 0. The summed E-state index contributed by atoms with van der Waals surface area (Å²) < 4.78 is 46.1. The van der Waals surface area contributed by atoms with Crippen LogP contribution in [-0.4, -0.2) is 28.0 Å². The molecule has 0 spiro atoms. The second-order valence-electron chi connectivity index (χ2n) is 5.81. The number of halogens is 3. The van der Waals surface area contributed by atoms with Gasteiger partial charge in [-0.1, -0.05) is 6.07 Å². The van der Waals surface area contributed by atoms with E-state index in [1.165, 1.54) is 25.3 Å². The van der Waals surface area contributed by atoms with Crippen LogP contribution in [0.5, 0.6) is 5.75 Å². The number of hydrogen-bond donors (Lipinski definition) is 1. The van der Waals surface area contributed by atoms with Gasteiger partial charge in [-0.05, 0) is 42.0 Å². The third-order valence-corrected chi connectivity index (χ3v) is 3.97. The zero-order valence-corrected chi connectivity index (χ0v) is 14.4. The van der Waals surface area contributed by atoms with Gasteiger partial charge in [0.1, 0.15) is 5.56 Å². The molecule has 1 heterocycles. The number of carboxylic acids is 1. The minimum absolute atomic E-state index is 0.0149. The molecule has 6 nitrogen and oxygen atoms in total. The lowest BCUT2D eigenvalue weighted by atomic mass is 10.1. The number of aromatic carboxylic acids is 1. The first-order valence-electron chi connectivity index (χ1n) is 7.93. The molecule has 28 heavy (non-hydrogen) atoms. The summed E-state index contributed by atoms with van der Waals surface area (Å²) in [5, 5.41) is 13.3. The number of carboxylic acid groups (broad SMARTS) is 1. The maximum absolute atomic E-state index is 14.0. The Labute approximate surface area is 156 Å². The third-order valence-electron chi connectivity index (χ3n) is 3.97. The van der Waals surface area contributed by atoms with Gasteiger partial charge in [0.2, 0.25) is 0 Å². The van der Waals surface area contributed by atoms with Gasteiger partial charge in [-0.2, -0.15) is 5.10 Å². The Kier molecular flexibility index (Phi) is 5.16. The fourth-order valence-corrected chi connectivity index (χ4v) is 2.58. The van der Waals surface area contributed by atoms with Crippen molar-refractivity contribution in [1.82, 2.24) is 9.78 Å². The summed E-state index contributed by atoms with van der Waals surface area (Å²) in [7, 11) is 1.29. The van der Waals surface area contributed by atoms with E-state index in [4.69, 9.17) is 4.74 Å². The summed E-state index contributed by atoms with van der Waals surface area (Å²) in [5.74, 6) is -4.38. The molecule has 0 saturated carbocycles. The first-order valence-corrected chi connectivity index (χ1v) is 7.93. The number of nitrogens with zero attached hydrogens (tertiary/aromatic N) is 2. The van der Waals surface area contributed by atoms with Crippen molar-refractivity contribution in [2.24, 2.45) is 0 Å². The number of aromatic nitrogens is 2. The van der Waals surface area contributed by atoms with Gasteiger partial charge in [-0.25, -0.2) is 22.6 Å². The van der Waals surface area contributed by atoms with Crippen molar-refractivity contribution in [3.05, 3.63) is 81.4 Å². The molecule has 9 heteroatoms. The molecule has 1 aromatic heterocycles. The monoisotopic (exact) mass is 390 g/mol. The van der Waals surface area contributed by atoms with E-state index in [0.29, 0.717) is 0 Å². The van der Waals surface area contributed by atoms with Gasteiger partial charge in [-0.3, -0.25) is 4.79 Å². The molecule has 0 saturated heterocycles. The van der Waals surface area contributed by atoms with Crippen LogP contribution in [0.3, 0.4) is 0 Å². The van der Waals surface area contributed by atoms with Crippen LogP contribution in [0.25, 0.3) is 11.3 Å². The number of benzene rings is 2.